The third-order valence-electron chi connectivity index (χ3n) is 3.41. The lowest BCUT2D eigenvalue weighted by Gasteiger charge is -2.11. The van der Waals surface area contributed by atoms with Gasteiger partial charge < -0.3 is 9.84 Å². The van der Waals surface area contributed by atoms with E-state index in [0.717, 1.165) is 23.4 Å². The molecule has 0 aliphatic rings. The van der Waals surface area contributed by atoms with Crippen molar-refractivity contribution in [2.75, 3.05) is 7.11 Å². The van der Waals surface area contributed by atoms with Gasteiger partial charge in [0.25, 0.3) is 0 Å². The van der Waals surface area contributed by atoms with Crippen LogP contribution in [-0.4, -0.2) is 33.1 Å². The van der Waals surface area contributed by atoms with E-state index in [4.69, 9.17) is 16.3 Å². The van der Waals surface area contributed by atoms with E-state index in [9.17, 15) is 5.11 Å². The summed E-state index contributed by atoms with van der Waals surface area (Å²) >= 11 is 6.29. The Morgan fingerprint density at radius 3 is 2.67 bits per heavy atom. The van der Waals surface area contributed by atoms with E-state index in [0.29, 0.717) is 23.7 Å². The number of hydrogen-bond acceptors (Lipinski definition) is 4. The smallest absolute Gasteiger partial charge is 0.212 e. The molecule has 0 bridgehead atoms. The van der Waals surface area contributed by atoms with Crippen molar-refractivity contribution in [2.45, 2.75) is 32.3 Å². The van der Waals surface area contributed by atoms with Crippen LogP contribution >= 0.6 is 11.6 Å². The molecule has 5 nitrogen and oxygen atoms in total. The first kappa shape index (κ1) is 15.8. The topological polar surface area (TPSA) is 60.2 Å². The molecule has 2 heterocycles. The molecule has 0 saturated carbocycles. The van der Waals surface area contributed by atoms with Crippen LogP contribution in [0.1, 0.15) is 23.9 Å². The van der Waals surface area contributed by atoms with Crippen LogP contribution in [0.5, 0.6) is 5.88 Å². The summed E-state index contributed by atoms with van der Waals surface area (Å²) in [6, 6.07) is 3.69. The van der Waals surface area contributed by atoms with E-state index in [1.165, 1.54) is 0 Å². The molecule has 1 unspecified atom stereocenters. The second kappa shape index (κ2) is 6.91. The predicted octanol–water partition coefficient (Wildman–Crippen LogP) is 2.19. The van der Waals surface area contributed by atoms with Crippen molar-refractivity contribution in [1.82, 2.24) is 14.8 Å². The predicted molar refractivity (Wildman–Crippen MR) is 81.8 cm³/mol. The third kappa shape index (κ3) is 3.74. The standard InChI is InChI=1S/C15H20ClN3O2/c1-4-12-15(16)13(19(2)18-12)8-11(20)7-10-5-6-14(21-3)17-9-10/h5-6,9,11,20H,4,7-8H2,1-3H3. The lowest BCUT2D eigenvalue weighted by Crippen LogP contribution is -2.16. The molecule has 2 aromatic rings. The minimum absolute atomic E-state index is 0.467. The fourth-order valence-electron chi connectivity index (χ4n) is 2.26. The summed E-state index contributed by atoms with van der Waals surface area (Å²) in [5.41, 5.74) is 2.69. The van der Waals surface area contributed by atoms with Gasteiger partial charge in [-0.15, -0.1) is 0 Å². The summed E-state index contributed by atoms with van der Waals surface area (Å²) in [6.45, 7) is 2.01. The van der Waals surface area contributed by atoms with Gasteiger partial charge in [-0.05, 0) is 12.0 Å². The maximum atomic E-state index is 10.3. The number of hydrogen-bond donors (Lipinski definition) is 1. The van der Waals surface area contributed by atoms with Crippen LogP contribution in [0, 0.1) is 0 Å². The normalized spacial score (nSPS) is 12.4. The van der Waals surface area contributed by atoms with Gasteiger partial charge in [-0.1, -0.05) is 24.6 Å². The van der Waals surface area contributed by atoms with Crippen molar-refractivity contribution < 1.29 is 9.84 Å². The highest BCUT2D eigenvalue weighted by Gasteiger charge is 2.17. The first-order valence-corrected chi connectivity index (χ1v) is 7.30. The molecule has 21 heavy (non-hydrogen) atoms. The summed E-state index contributed by atoms with van der Waals surface area (Å²) in [4.78, 5) is 4.13. The number of pyridine rings is 1. The number of aliphatic hydroxyl groups excluding tert-OH is 1. The van der Waals surface area contributed by atoms with Gasteiger partial charge in [-0.3, -0.25) is 4.68 Å². The van der Waals surface area contributed by atoms with Crippen molar-refractivity contribution in [3.63, 3.8) is 0 Å². The number of halogens is 1. The largest absolute Gasteiger partial charge is 0.481 e. The minimum atomic E-state index is -0.530. The summed E-state index contributed by atoms with van der Waals surface area (Å²) in [5, 5.41) is 15.3. The molecule has 2 aromatic heterocycles. The summed E-state index contributed by atoms with van der Waals surface area (Å²) in [6.07, 6.45) is 2.95. The maximum Gasteiger partial charge on any atom is 0.212 e. The van der Waals surface area contributed by atoms with Crippen LogP contribution in [0.3, 0.4) is 0 Å². The molecule has 0 aromatic carbocycles. The fourth-order valence-corrected chi connectivity index (χ4v) is 2.63. The van der Waals surface area contributed by atoms with Gasteiger partial charge >= 0.3 is 0 Å². The minimum Gasteiger partial charge on any atom is -0.481 e. The number of aryl methyl sites for hydroxylation is 2. The van der Waals surface area contributed by atoms with Gasteiger partial charge in [0.05, 0.1) is 29.6 Å². The molecule has 1 N–H and O–H groups in total. The van der Waals surface area contributed by atoms with Crippen LogP contribution in [0.15, 0.2) is 18.3 Å². The Hall–Kier alpha value is -1.59. The maximum absolute atomic E-state index is 10.3. The molecule has 0 aliphatic heterocycles. The molecule has 114 valence electrons. The summed E-state index contributed by atoms with van der Waals surface area (Å²) < 4.78 is 6.76. The number of aromatic nitrogens is 3. The Morgan fingerprint density at radius 2 is 2.14 bits per heavy atom. The van der Waals surface area contributed by atoms with E-state index in [1.807, 2.05) is 20.0 Å². The van der Waals surface area contributed by atoms with Crippen LogP contribution in [0.4, 0.5) is 0 Å². The Bertz CT molecular complexity index is 596. The molecule has 0 radical (unpaired) electrons. The van der Waals surface area contributed by atoms with Gasteiger partial charge in [-0.2, -0.15) is 5.10 Å². The number of aliphatic hydroxyl groups is 1. The molecule has 0 aliphatic carbocycles. The number of ether oxygens (including phenoxy) is 1. The number of nitrogens with zero attached hydrogens (tertiary/aromatic N) is 3. The van der Waals surface area contributed by atoms with Crippen molar-refractivity contribution >= 4 is 11.6 Å². The van der Waals surface area contributed by atoms with Gasteiger partial charge in [0.1, 0.15) is 0 Å². The van der Waals surface area contributed by atoms with Crippen LogP contribution in [0.2, 0.25) is 5.02 Å². The SMILES string of the molecule is CCc1nn(C)c(CC(O)Cc2ccc(OC)nc2)c1Cl. The molecular weight excluding hydrogens is 290 g/mol. The van der Waals surface area contributed by atoms with Crippen molar-refractivity contribution in [3.05, 3.63) is 40.3 Å². The van der Waals surface area contributed by atoms with E-state index in [1.54, 1.807) is 24.1 Å². The third-order valence-corrected chi connectivity index (χ3v) is 3.85. The average Bonchev–Trinajstić information content (AvgIpc) is 2.75. The second-order valence-corrected chi connectivity index (χ2v) is 5.33. The van der Waals surface area contributed by atoms with Crippen molar-refractivity contribution in [1.29, 1.82) is 0 Å². The molecule has 1 atom stereocenters. The lowest BCUT2D eigenvalue weighted by molar-refractivity contribution is 0.172. The molecule has 6 heteroatoms. The molecular formula is C15H20ClN3O2. The van der Waals surface area contributed by atoms with Gasteiger partial charge in [0.15, 0.2) is 0 Å². The molecule has 0 saturated heterocycles. The Kier molecular flexibility index (Phi) is 5.20. The van der Waals surface area contributed by atoms with E-state index >= 15 is 0 Å². The monoisotopic (exact) mass is 309 g/mol. The highest BCUT2D eigenvalue weighted by molar-refractivity contribution is 6.31. The summed E-state index contributed by atoms with van der Waals surface area (Å²) in [7, 11) is 3.43. The Labute approximate surface area is 129 Å². The van der Waals surface area contributed by atoms with E-state index < -0.39 is 6.10 Å². The second-order valence-electron chi connectivity index (χ2n) is 4.96. The molecule has 2 rings (SSSR count). The zero-order chi connectivity index (χ0) is 15.4. The summed E-state index contributed by atoms with van der Waals surface area (Å²) in [5.74, 6) is 0.565. The average molecular weight is 310 g/mol. The molecule has 0 spiro atoms. The fraction of sp³-hybridized carbons (Fsp3) is 0.467. The zero-order valence-corrected chi connectivity index (χ0v) is 13.3. The van der Waals surface area contributed by atoms with Gasteiger partial charge in [-0.25, -0.2) is 4.98 Å². The quantitative estimate of drug-likeness (QED) is 0.888. The zero-order valence-electron chi connectivity index (χ0n) is 12.5. The first-order chi connectivity index (χ1) is 10.0. The Morgan fingerprint density at radius 1 is 1.38 bits per heavy atom. The van der Waals surface area contributed by atoms with Crippen LogP contribution < -0.4 is 4.74 Å². The lowest BCUT2D eigenvalue weighted by atomic mass is 10.1. The van der Waals surface area contributed by atoms with Crippen molar-refractivity contribution in [3.8, 4) is 5.88 Å². The van der Waals surface area contributed by atoms with Crippen molar-refractivity contribution in [2.24, 2.45) is 7.05 Å². The van der Waals surface area contributed by atoms with Crippen LogP contribution in [-0.2, 0) is 26.3 Å². The molecule has 0 amide bonds. The van der Waals surface area contributed by atoms with Crippen LogP contribution in [0.25, 0.3) is 0 Å². The van der Waals surface area contributed by atoms with Gasteiger partial charge in [0, 0.05) is 32.2 Å². The van der Waals surface area contributed by atoms with E-state index in [-0.39, 0.29) is 0 Å². The Balaban J connectivity index is 2.04. The number of rotatable bonds is 6. The van der Waals surface area contributed by atoms with E-state index in [2.05, 4.69) is 10.1 Å². The highest BCUT2D eigenvalue weighted by Crippen LogP contribution is 2.22. The molecule has 0 fully saturated rings. The number of methoxy groups -OCH3 is 1. The first-order valence-electron chi connectivity index (χ1n) is 6.92. The highest BCUT2D eigenvalue weighted by atomic mass is 35.5. The van der Waals surface area contributed by atoms with Gasteiger partial charge in [0.2, 0.25) is 5.88 Å².